The van der Waals surface area contributed by atoms with Crippen molar-refractivity contribution >= 4 is 27.9 Å². The third-order valence-electron chi connectivity index (χ3n) is 3.97. The second kappa shape index (κ2) is 8.33. The number of rotatable bonds is 5. The van der Waals surface area contributed by atoms with E-state index >= 15 is 0 Å². The smallest absolute Gasteiger partial charge is 0.411 e. The van der Waals surface area contributed by atoms with Gasteiger partial charge in [0.1, 0.15) is 11.6 Å². The first kappa shape index (κ1) is 22.6. The molecule has 1 fully saturated rings. The van der Waals surface area contributed by atoms with E-state index in [1.54, 1.807) is 20.8 Å². The summed E-state index contributed by atoms with van der Waals surface area (Å²) in [7, 11) is -3.10. The number of carbonyl (C=O) groups is 2. The summed E-state index contributed by atoms with van der Waals surface area (Å²) in [5, 5.41) is 8.82. The number of hydrogen-bond acceptors (Lipinski definition) is 8. The summed E-state index contributed by atoms with van der Waals surface area (Å²) in [5.41, 5.74) is -0.973. The van der Waals surface area contributed by atoms with E-state index in [0.717, 1.165) is 36.3 Å². The summed E-state index contributed by atoms with van der Waals surface area (Å²) in [6.45, 7) is 4.78. The molecule has 1 saturated heterocycles. The van der Waals surface area contributed by atoms with Crippen LogP contribution in [0.5, 0.6) is 0 Å². The molecule has 1 aromatic rings. The second-order valence-electron chi connectivity index (χ2n) is 7.35. The van der Waals surface area contributed by atoms with Gasteiger partial charge in [-0.15, -0.1) is 0 Å². The number of esters is 1. The Balaban J connectivity index is 2.18. The van der Waals surface area contributed by atoms with Crippen molar-refractivity contribution in [2.45, 2.75) is 49.8 Å². The third-order valence-corrected chi connectivity index (χ3v) is 5.35. The summed E-state index contributed by atoms with van der Waals surface area (Å²) in [6, 6.07) is 3.32. The molecule has 160 valence electrons. The van der Waals surface area contributed by atoms with Crippen molar-refractivity contribution < 1.29 is 41.8 Å². The first-order valence-corrected chi connectivity index (χ1v) is 10.0. The fraction of sp³-hybridized carbons (Fsp3) is 0.529. The molecule has 1 aliphatic rings. The lowest BCUT2D eigenvalue weighted by Gasteiger charge is -2.27. The number of carbonyl (C=O) groups excluding carboxylic acids is 2. The Kier molecular flexibility index (Phi) is 6.48. The van der Waals surface area contributed by atoms with Gasteiger partial charge in [0.05, 0.1) is 29.6 Å². The van der Waals surface area contributed by atoms with Crippen molar-refractivity contribution in [3.63, 3.8) is 0 Å². The normalized spacial score (nSPS) is 19.7. The van der Waals surface area contributed by atoms with Crippen LogP contribution in [0.2, 0.25) is 0 Å². The Labute approximate surface area is 167 Å². The fourth-order valence-corrected chi connectivity index (χ4v) is 3.80. The number of nitrogens with zero attached hydrogens (tertiary/aromatic N) is 2. The highest BCUT2D eigenvalue weighted by Crippen LogP contribution is 2.27. The summed E-state index contributed by atoms with van der Waals surface area (Å²) in [6.07, 6.45) is -1.90. The molecule has 2 rings (SSSR count). The topological polar surface area (TPSA) is 140 Å². The number of likely N-dealkylation sites (tertiary alicyclic amines) is 1. The average Bonchev–Trinajstić information content (AvgIpc) is 3.03. The maximum Gasteiger partial charge on any atom is 0.411 e. The molecular formula is C17H23N2O9S+. The number of benzene rings is 1. The predicted molar refractivity (Wildman–Crippen MR) is 96.9 cm³/mol. The number of amides is 1. The average molecular weight is 431 g/mol. The van der Waals surface area contributed by atoms with Gasteiger partial charge in [-0.25, -0.2) is 14.8 Å². The minimum absolute atomic E-state index is 0.103. The summed E-state index contributed by atoms with van der Waals surface area (Å²) < 4.78 is 40.1. The van der Waals surface area contributed by atoms with Crippen molar-refractivity contribution in [3.05, 3.63) is 29.2 Å². The van der Waals surface area contributed by atoms with Gasteiger partial charge in [-0.3, -0.25) is 9.08 Å². The van der Waals surface area contributed by atoms with E-state index in [2.05, 4.69) is 0 Å². The van der Waals surface area contributed by atoms with E-state index in [0.29, 0.717) is 0 Å². The molecule has 1 heterocycles. The van der Waals surface area contributed by atoms with Gasteiger partial charge in [0.15, 0.2) is 0 Å². The van der Waals surface area contributed by atoms with E-state index in [-0.39, 0.29) is 23.5 Å². The molecule has 1 amide bonds. The summed E-state index contributed by atoms with van der Waals surface area (Å²) in [4.78, 5) is 35.7. The molecule has 1 aliphatic heterocycles. The lowest BCUT2D eigenvalue weighted by atomic mass is 10.2. The van der Waals surface area contributed by atoms with Crippen LogP contribution in [0.4, 0.5) is 10.5 Å². The van der Waals surface area contributed by atoms with Gasteiger partial charge in [-0.05, 0) is 32.9 Å². The molecule has 0 aromatic heterocycles. The van der Waals surface area contributed by atoms with Gasteiger partial charge >= 0.3 is 17.7 Å². The molecule has 0 unspecified atom stereocenters. The molecule has 29 heavy (non-hydrogen) atoms. The standard InChI is InChI=1S/C17H23N2O9S/c1-17(2,3)27-16(21)18-10-12(9-14(18)15(20)26-4)28-29(24,25)13-7-5-11(6-8-13)19(22)23/h5-8,12,14H,9-10H2,1-4H3,(H,22,23)/q+1/t12-,14-/m0/s1. The second-order valence-corrected chi connectivity index (χ2v) is 8.92. The number of ether oxygens (including phenoxy) is 2. The van der Waals surface area contributed by atoms with Crippen LogP contribution in [0.1, 0.15) is 27.2 Å². The van der Waals surface area contributed by atoms with E-state index in [9.17, 15) is 22.9 Å². The first-order chi connectivity index (χ1) is 13.3. The SMILES string of the molecule is COC(=O)[C@@H]1C[C@H](OS(=O)(=O)c2ccc([N+](=O)O)cc2)CN1C(=O)OC(C)(C)C. The predicted octanol–water partition coefficient (Wildman–Crippen LogP) is 1.74. The Morgan fingerprint density at radius 1 is 1.21 bits per heavy atom. The zero-order valence-corrected chi connectivity index (χ0v) is 17.2. The maximum atomic E-state index is 12.5. The molecule has 2 atom stereocenters. The van der Waals surface area contributed by atoms with E-state index in [1.165, 1.54) is 0 Å². The Morgan fingerprint density at radius 2 is 1.79 bits per heavy atom. The number of methoxy groups -OCH3 is 1. The minimum atomic E-state index is -4.26. The lowest BCUT2D eigenvalue weighted by Crippen LogP contribution is -2.44. The van der Waals surface area contributed by atoms with Crippen LogP contribution in [0.25, 0.3) is 0 Å². The molecule has 0 radical (unpaired) electrons. The Bertz CT molecular complexity index is 890. The van der Waals surface area contributed by atoms with Crippen LogP contribution in [0.15, 0.2) is 29.2 Å². The van der Waals surface area contributed by atoms with Gasteiger partial charge in [0.2, 0.25) is 0 Å². The first-order valence-electron chi connectivity index (χ1n) is 8.61. The van der Waals surface area contributed by atoms with Crippen molar-refractivity contribution in [1.82, 2.24) is 4.90 Å². The Morgan fingerprint density at radius 3 is 2.28 bits per heavy atom. The van der Waals surface area contributed by atoms with Gasteiger partial charge in [-0.1, -0.05) is 0 Å². The van der Waals surface area contributed by atoms with E-state index < -0.39 is 44.9 Å². The Hall–Kier alpha value is -2.73. The zero-order valence-electron chi connectivity index (χ0n) is 16.4. The van der Waals surface area contributed by atoms with Crippen molar-refractivity contribution in [2.24, 2.45) is 0 Å². The van der Waals surface area contributed by atoms with Crippen molar-refractivity contribution in [3.8, 4) is 0 Å². The highest BCUT2D eigenvalue weighted by atomic mass is 32.2. The zero-order chi connectivity index (χ0) is 22.0. The quantitative estimate of drug-likeness (QED) is 0.419. The number of hydrogen-bond donors (Lipinski definition) is 1. The van der Waals surface area contributed by atoms with Crippen LogP contribution in [-0.4, -0.2) is 66.9 Å². The van der Waals surface area contributed by atoms with E-state index in [4.69, 9.17) is 18.9 Å². The molecule has 0 aliphatic carbocycles. The molecule has 0 saturated carbocycles. The van der Waals surface area contributed by atoms with Crippen LogP contribution in [-0.2, 0) is 28.6 Å². The third kappa shape index (κ3) is 5.64. The largest absolute Gasteiger partial charge is 0.467 e. The highest BCUT2D eigenvalue weighted by molar-refractivity contribution is 7.86. The molecule has 1 N–H and O–H groups in total. The monoisotopic (exact) mass is 431 g/mol. The summed E-state index contributed by atoms with van der Waals surface area (Å²) in [5.74, 6) is -0.720. The molecule has 0 spiro atoms. The van der Waals surface area contributed by atoms with Crippen LogP contribution in [0.3, 0.4) is 0 Å². The molecule has 1 aromatic carbocycles. The van der Waals surface area contributed by atoms with Gasteiger partial charge in [-0.2, -0.15) is 8.42 Å². The van der Waals surface area contributed by atoms with Crippen molar-refractivity contribution in [1.29, 1.82) is 0 Å². The van der Waals surface area contributed by atoms with Crippen molar-refractivity contribution in [2.75, 3.05) is 13.7 Å². The maximum absolute atomic E-state index is 12.5. The molecular weight excluding hydrogens is 408 g/mol. The van der Waals surface area contributed by atoms with E-state index in [1.807, 2.05) is 0 Å². The molecule has 12 heteroatoms. The summed E-state index contributed by atoms with van der Waals surface area (Å²) >= 11 is 0. The van der Waals surface area contributed by atoms with Gasteiger partial charge in [0.25, 0.3) is 15.0 Å². The van der Waals surface area contributed by atoms with Crippen LogP contribution < -0.4 is 0 Å². The van der Waals surface area contributed by atoms with Crippen LogP contribution in [0, 0.1) is 4.91 Å². The fourth-order valence-electron chi connectivity index (χ4n) is 2.72. The molecule has 11 nitrogen and oxygen atoms in total. The lowest BCUT2D eigenvalue weighted by molar-refractivity contribution is -0.729. The van der Waals surface area contributed by atoms with Gasteiger partial charge in [0, 0.05) is 18.6 Å². The van der Waals surface area contributed by atoms with Crippen LogP contribution >= 0.6 is 0 Å². The molecule has 0 bridgehead atoms. The highest BCUT2D eigenvalue weighted by Gasteiger charge is 2.44. The minimum Gasteiger partial charge on any atom is -0.467 e. The van der Waals surface area contributed by atoms with Gasteiger partial charge < -0.3 is 9.47 Å².